The lowest BCUT2D eigenvalue weighted by Crippen LogP contribution is -2.53. The van der Waals surface area contributed by atoms with E-state index in [1.807, 2.05) is 43.0 Å². The Kier molecular flexibility index (Phi) is 10.6. The molecule has 0 bridgehead atoms. The fourth-order valence-electron chi connectivity index (χ4n) is 4.65. The van der Waals surface area contributed by atoms with Crippen LogP contribution in [0.4, 0.5) is 5.69 Å². The minimum absolute atomic E-state index is 0.0201. The van der Waals surface area contributed by atoms with Gasteiger partial charge < -0.3 is 10.2 Å². The molecule has 4 heteroatoms. The van der Waals surface area contributed by atoms with E-state index >= 15 is 0 Å². The van der Waals surface area contributed by atoms with Gasteiger partial charge in [0.1, 0.15) is 0 Å². The van der Waals surface area contributed by atoms with Gasteiger partial charge in [-0.3, -0.25) is 9.59 Å². The van der Waals surface area contributed by atoms with Crippen molar-refractivity contribution >= 4 is 17.5 Å². The molecule has 0 aliphatic carbocycles. The largest absolute Gasteiger partial charge is 0.338 e. The molecule has 1 aliphatic rings. The lowest BCUT2D eigenvalue weighted by atomic mass is 9.83. The summed E-state index contributed by atoms with van der Waals surface area (Å²) in [4.78, 5) is 29.0. The average Bonchev–Trinajstić information content (AvgIpc) is 2.81. The van der Waals surface area contributed by atoms with Crippen molar-refractivity contribution in [3.63, 3.8) is 0 Å². The van der Waals surface area contributed by atoms with Crippen LogP contribution in [0.25, 0.3) is 0 Å². The van der Waals surface area contributed by atoms with E-state index in [0.29, 0.717) is 0 Å². The fourth-order valence-corrected chi connectivity index (χ4v) is 4.65. The van der Waals surface area contributed by atoms with Crippen molar-refractivity contribution in [2.24, 2.45) is 11.8 Å². The molecule has 3 atom stereocenters. The number of hydrogen-bond acceptors (Lipinski definition) is 2. The molecule has 1 aromatic rings. The third-order valence-corrected chi connectivity index (χ3v) is 7.03. The van der Waals surface area contributed by atoms with E-state index in [2.05, 4.69) is 58.1 Å². The van der Waals surface area contributed by atoms with Gasteiger partial charge in [0, 0.05) is 18.3 Å². The van der Waals surface area contributed by atoms with Crippen LogP contribution in [0.5, 0.6) is 0 Å². The van der Waals surface area contributed by atoms with Crippen molar-refractivity contribution in [2.45, 2.75) is 98.4 Å². The van der Waals surface area contributed by atoms with E-state index in [0.717, 1.165) is 56.3 Å². The highest BCUT2D eigenvalue weighted by atomic mass is 16.2. The van der Waals surface area contributed by atoms with Crippen molar-refractivity contribution in [1.29, 1.82) is 0 Å². The third-order valence-electron chi connectivity index (χ3n) is 7.03. The summed E-state index contributed by atoms with van der Waals surface area (Å²) < 4.78 is 0. The van der Waals surface area contributed by atoms with Gasteiger partial charge in [-0.1, -0.05) is 83.4 Å². The van der Waals surface area contributed by atoms with Gasteiger partial charge in [-0.05, 0) is 62.6 Å². The molecule has 0 saturated carbocycles. The zero-order valence-electron chi connectivity index (χ0n) is 22.5. The van der Waals surface area contributed by atoms with Crippen LogP contribution in [0.1, 0.15) is 92.6 Å². The molecule has 2 amide bonds. The number of likely N-dealkylation sites (tertiary alicyclic amines) is 1. The fraction of sp³-hybridized carbons (Fsp3) is 0.600. The van der Waals surface area contributed by atoms with Crippen LogP contribution >= 0.6 is 0 Å². The first-order valence-corrected chi connectivity index (χ1v) is 13.1. The zero-order valence-corrected chi connectivity index (χ0v) is 22.5. The maximum atomic E-state index is 13.6. The number of anilines is 1. The first-order valence-electron chi connectivity index (χ1n) is 13.1. The van der Waals surface area contributed by atoms with Gasteiger partial charge in [0.25, 0.3) is 0 Å². The van der Waals surface area contributed by atoms with Crippen LogP contribution < -0.4 is 5.32 Å². The van der Waals surface area contributed by atoms with E-state index in [-0.39, 0.29) is 35.1 Å². The van der Waals surface area contributed by atoms with E-state index in [9.17, 15) is 9.59 Å². The van der Waals surface area contributed by atoms with Gasteiger partial charge >= 0.3 is 0 Å². The molecule has 1 aliphatic heterocycles. The Morgan fingerprint density at radius 3 is 2.62 bits per heavy atom. The minimum Gasteiger partial charge on any atom is -0.338 e. The molecule has 1 heterocycles. The second-order valence-electron chi connectivity index (χ2n) is 10.8. The van der Waals surface area contributed by atoms with Crippen LogP contribution in [-0.4, -0.2) is 29.3 Å². The maximum Gasteiger partial charge on any atom is 0.229 e. The van der Waals surface area contributed by atoms with Crippen LogP contribution in [-0.2, 0) is 15.0 Å². The van der Waals surface area contributed by atoms with Crippen LogP contribution in [0.2, 0.25) is 0 Å². The van der Waals surface area contributed by atoms with Crippen molar-refractivity contribution in [3.05, 3.63) is 53.6 Å². The van der Waals surface area contributed by atoms with Crippen LogP contribution in [0.3, 0.4) is 0 Å². The van der Waals surface area contributed by atoms with Crippen molar-refractivity contribution in [1.82, 2.24) is 4.90 Å². The van der Waals surface area contributed by atoms with E-state index < -0.39 is 0 Å². The number of benzene rings is 1. The van der Waals surface area contributed by atoms with Gasteiger partial charge in [0.15, 0.2) is 0 Å². The number of unbranched alkanes of at least 4 members (excludes halogenated alkanes) is 1. The predicted molar refractivity (Wildman–Crippen MR) is 144 cm³/mol. The quantitative estimate of drug-likeness (QED) is 0.389. The average molecular weight is 467 g/mol. The molecule has 1 fully saturated rings. The molecule has 4 nitrogen and oxygen atoms in total. The Hall–Kier alpha value is -2.36. The molecule has 0 spiro atoms. The topological polar surface area (TPSA) is 49.4 Å². The number of carbonyl (C=O) groups is 2. The minimum atomic E-state index is -0.184. The smallest absolute Gasteiger partial charge is 0.229 e. The van der Waals surface area contributed by atoms with Crippen molar-refractivity contribution in [3.8, 4) is 0 Å². The van der Waals surface area contributed by atoms with Gasteiger partial charge in [0.2, 0.25) is 11.8 Å². The maximum absolute atomic E-state index is 13.6. The summed E-state index contributed by atoms with van der Waals surface area (Å²) in [6, 6.07) is 8.09. The highest BCUT2D eigenvalue weighted by molar-refractivity contribution is 5.94. The number of nitrogens with zero attached hydrogens (tertiary/aromatic N) is 1. The monoisotopic (exact) mass is 466 g/mol. The molecule has 1 aromatic carbocycles. The molecule has 2 rings (SSSR count). The highest BCUT2D eigenvalue weighted by Crippen LogP contribution is 2.32. The second kappa shape index (κ2) is 12.9. The van der Waals surface area contributed by atoms with Gasteiger partial charge in [0.05, 0.1) is 11.8 Å². The number of piperidine rings is 1. The molecule has 1 N–H and O–H groups in total. The van der Waals surface area contributed by atoms with E-state index in [1.165, 1.54) is 5.56 Å². The molecule has 0 aromatic heterocycles. The van der Waals surface area contributed by atoms with E-state index in [1.54, 1.807) is 0 Å². The van der Waals surface area contributed by atoms with Crippen LogP contribution in [0, 0.1) is 11.8 Å². The number of hydrogen-bond donors (Lipinski definition) is 1. The summed E-state index contributed by atoms with van der Waals surface area (Å²) in [5.41, 5.74) is 3.12. The van der Waals surface area contributed by atoms with Gasteiger partial charge in [-0.15, -0.1) is 0 Å². The van der Waals surface area contributed by atoms with Gasteiger partial charge in [-0.2, -0.15) is 0 Å². The summed E-state index contributed by atoms with van der Waals surface area (Å²) in [5, 5.41) is 3.18. The molecular weight excluding hydrogens is 420 g/mol. The summed E-state index contributed by atoms with van der Waals surface area (Å²) in [6.45, 7) is 15.5. The molecule has 0 radical (unpaired) electrons. The Morgan fingerprint density at radius 1 is 1.24 bits per heavy atom. The standard InChI is InChI=1S/C30H46N2O2/c1-8-10-12-15-22(3)23(4)29(34)32-20-14-18-26(27(32)19-11-9-2)28(33)31-25-17-13-16-24(21-25)30(5,6)7/h10,12-13,15-17,21,23,26-27H,8-9,11,14,18-20H2,1-7H3,(H,31,33)/b12-10-,22-15-/t23?,26?,27-/m0/s1. The molecule has 188 valence electrons. The number of allylic oxidation sites excluding steroid dienone is 3. The Bertz CT molecular complexity index is 878. The lowest BCUT2D eigenvalue weighted by Gasteiger charge is -2.42. The first kappa shape index (κ1) is 27.9. The summed E-state index contributed by atoms with van der Waals surface area (Å²) in [6.07, 6.45) is 11.8. The molecular formula is C30H46N2O2. The molecule has 1 saturated heterocycles. The van der Waals surface area contributed by atoms with Crippen molar-refractivity contribution < 1.29 is 9.59 Å². The molecule has 2 unspecified atom stereocenters. The zero-order chi connectivity index (χ0) is 25.3. The normalized spacial score (nSPS) is 20.4. The first-order chi connectivity index (χ1) is 16.1. The third kappa shape index (κ3) is 7.58. The Balaban J connectivity index is 2.23. The number of amides is 2. The number of carbonyl (C=O) groups excluding carboxylic acids is 2. The van der Waals surface area contributed by atoms with Crippen LogP contribution in [0.15, 0.2) is 48.1 Å². The molecule has 34 heavy (non-hydrogen) atoms. The predicted octanol–water partition coefficient (Wildman–Crippen LogP) is 7.27. The SMILES string of the molecule is CC/C=C\C=C(\C)C(C)C(=O)N1CCCC(C(=O)Nc2cccc(C(C)(C)C)c2)[C@@H]1CCCC. The summed E-state index contributed by atoms with van der Waals surface area (Å²) in [7, 11) is 0. The number of rotatable bonds is 9. The Labute approximate surface area is 207 Å². The van der Waals surface area contributed by atoms with Crippen molar-refractivity contribution in [2.75, 3.05) is 11.9 Å². The highest BCUT2D eigenvalue weighted by Gasteiger charge is 2.39. The Morgan fingerprint density at radius 2 is 1.97 bits per heavy atom. The summed E-state index contributed by atoms with van der Waals surface area (Å²) in [5.74, 6) is -0.183. The van der Waals surface area contributed by atoms with E-state index in [4.69, 9.17) is 0 Å². The lowest BCUT2D eigenvalue weighted by molar-refractivity contribution is -0.141. The van der Waals surface area contributed by atoms with Gasteiger partial charge in [-0.25, -0.2) is 0 Å². The number of nitrogens with one attached hydrogen (secondary N) is 1. The summed E-state index contributed by atoms with van der Waals surface area (Å²) >= 11 is 0. The second-order valence-corrected chi connectivity index (χ2v) is 10.8.